The number of carboxylic acids is 1. The van der Waals surface area contributed by atoms with Gasteiger partial charge in [-0.05, 0) is 50.5 Å². The van der Waals surface area contributed by atoms with E-state index in [2.05, 4.69) is 22.5 Å². The van der Waals surface area contributed by atoms with Crippen molar-refractivity contribution in [3.8, 4) is 0 Å². The number of hydrogen-bond acceptors (Lipinski definition) is 6. The number of benzene rings is 2. The minimum atomic E-state index is -1.14. The van der Waals surface area contributed by atoms with E-state index < -0.39 is 35.8 Å². The third-order valence-electron chi connectivity index (χ3n) is 4.68. The van der Waals surface area contributed by atoms with Crippen LogP contribution in [0.1, 0.15) is 44.4 Å². The highest BCUT2D eigenvalue weighted by Gasteiger charge is 2.22. The molecule has 4 N–H and O–H groups in total. The molecular formula is C26H33N3O6. The van der Waals surface area contributed by atoms with Crippen LogP contribution in [0.25, 0.3) is 0 Å². The first-order chi connectivity index (χ1) is 16.6. The van der Waals surface area contributed by atoms with E-state index in [1.807, 2.05) is 36.4 Å². The summed E-state index contributed by atoms with van der Waals surface area (Å²) >= 11 is 0. The topological polar surface area (TPSA) is 126 Å². The molecule has 0 aliphatic carbocycles. The number of carbonyl (C=O) groups is 3. The van der Waals surface area contributed by atoms with Crippen molar-refractivity contribution in [3.63, 3.8) is 0 Å². The van der Waals surface area contributed by atoms with E-state index >= 15 is 0 Å². The van der Waals surface area contributed by atoms with Crippen LogP contribution in [0.4, 0.5) is 15.3 Å². The molecule has 188 valence electrons. The first kappa shape index (κ1) is 27.2. The minimum absolute atomic E-state index is 0.139. The zero-order valence-electron chi connectivity index (χ0n) is 20.2. The zero-order valence-corrected chi connectivity index (χ0v) is 20.2. The van der Waals surface area contributed by atoms with Crippen molar-refractivity contribution in [2.24, 2.45) is 0 Å². The number of nitrogens with one attached hydrogen (secondary N) is 3. The van der Waals surface area contributed by atoms with Gasteiger partial charge in [-0.1, -0.05) is 48.5 Å². The fourth-order valence-corrected chi connectivity index (χ4v) is 3.10. The molecule has 0 saturated carbocycles. The fourth-order valence-electron chi connectivity index (χ4n) is 3.10. The van der Waals surface area contributed by atoms with Gasteiger partial charge >= 0.3 is 18.2 Å². The van der Waals surface area contributed by atoms with E-state index in [-0.39, 0.29) is 13.2 Å². The molecule has 2 amide bonds. The van der Waals surface area contributed by atoms with Gasteiger partial charge in [0, 0.05) is 5.69 Å². The molecule has 0 saturated heterocycles. The molecular weight excluding hydrogens is 450 g/mol. The van der Waals surface area contributed by atoms with Gasteiger partial charge in [-0.25, -0.2) is 14.4 Å². The van der Waals surface area contributed by atoms with Gasteiger partial charge in [-0.2, -0.15) is 0 Å². The predicted octanol–water partition coefficient (Wildman–Crippen LogP) is 4.62. The van der Waals surface area contributed by atoms with Crippen LogP contribution in [0, 0.1) is 0 Å². The lowest BCUT2D eigenvalue weighted by molar-refractivity contribution is -0.137. The third kappa shape index (κ3) is 10.2. The Labute approximate surface area is 205 Å². The van der Waals surface area contributed by atoms with Crippen molar-refractivity contribution >= 4 is 23.8 Å². The quantitative estimate of drug-likeness (QED) is 0.344. The number of aliphatic carboxylic acids is 1. The van der Waals surface area contributed by atoms with Gasteiger partial charge < -0.3 is 30.5 Å². The van der Waals surface area contributed by atoms with Crippen LogP contribution in [0.3, 0.4) is 0 Å². The number of hydrogen-bond donors (Lipinski definition) is 4. The number of amides is 2. The normalized spacial score (nSPS) is 12.5. The smallest absolute Gasteiger partial charge is 0.407 e. The summed E-state index contributed by atoms with van der Waals surface area (Å²) in [6, 6.07) is 14.8. The number of alkyl carbamates (subject to hydrolysis) is 2. The molecule has 2 rings (SSSR count). The lowest BCUT2D eigenvalue weighted by Gasteiger charge is -2.22. The second kappa shape index (κ2) is 13.0. The molecule has 0 fully saturated rings. The first-order valence-corrected chi connectivity index (χ1v) is 11.2. The maximum absolute atomic E-state index is 12.4. The average Bonchev–Trinajstić information content (AvgIpc) is 2.79. The summed E-state index contributed by atoms with van der Waals surface area (Å²) < 4.78 is 10.5. The van der Waals surface area contributed by atoms with E-state index in [4.69, 9.17) is 9.47 Å². The maximum Gasteiger partial charge on any atom is 0.407 e. The molecule has 35 heavy (non-hydrogen) atoms. The van der Waals surface area contributed by atoms with Crippen molar-refractivity contribution in [3.05, 3.63) is 78.4 Å². The van der Waals surface area contributed by atoms with Crippen molar-refractivity contribution in [1.29, 1.82) is 0 Å². The molecule has 9 nitrogen and oxygen atoms in total. The van der Waals surface area contributed by atoms with E-state index in [0.717, 1.165) is 11.1 Å². The highest BCUT2D eigenvalue weighted by molar-refractivity contribution is 5.79. The van der Waals surface area contributed by atoms with Gasteiger partial charge in [0.1, 0.15) is 18.2 Å². The van der Waals surface area contributed by atoms with Gasteiger partial charge in [0.05, 0.1) is 12.6 Å². The Hall–Kier alpha value is -4.01. The lowest BCUT2D eigenvalue weighted by Crippen LogP contribution is -2.43. The molecule has 9 heteroatoms. The molecule has 0 heterocycles. The van der Waals surface area contributed by atoms with Gasteiger partial charge in [0.15, 0.2) is 0 Å². The Morgan fingerprint density at radius 3 is 2.40 bits per heavy atom. The monoisotopic (exact) mass is 483 g/mol. The van der Waals surface area contributed by atoms with Crippen molar-refractivity contribution in [2.45, 2.75) is 51.5 Å². The fraction of sp³-hybridized carbons (Fsp3) is 0.346. The molecule has 0 aliphatic heterocycles. The summed E-state index contributed by atoms with van der Waals surface area (Å²) in [6.45, 7) is 8.86. The standard InChI is InChI=1S/C26H33N3O6/c1-5-10-21(29-25(33)34-17-18-11-7-6-8-12-18)19-13-9-14-20(15-19)28-22(23(30)31)16-27-24(32)35-26(2,3)4/h5-9,11-15,21-22,28H,1,10,16-17H2,2-4H3,(H,27,32)(H,29,33)(H,30,31). The Morgan fingerprint density at radius 2 is 1.77 bits per heavy atom. The maximum atomic E-state index is 12.4. The number of ether oxygens (including phenoxy) is 2. The summed E-state index contributed by atoms with van der Waals surface area (Å²) in [4.78, 5) is 36.0. The van der Waals surface area contributed by atoms with Gasteiger partial charge in [0.25, 0.3) is 0 Å². The number of carbonyl (C=O) groups excluding carboxylic acids is 2. The molecule has 0 radical (unpaired) electrons. The van der Waals surface area contributed by atoms with E-state index in [0.29, 0.717) is 12.1 Å². The second-order valence-electron chi connectivity index (χ2n) is 8.83. The largest absolute Gasteiger partial charge is 0.480 e. The predicted molar refractivity (Wildman–Crippen MR) is 133 cm³/mol. The van der Waals surface area contributed by atoms with E-state index in [1.54, 1.807) is 45.0 Å². The van der Waals surface area contributed by atoms with Crippen molar-refractivity contribution in [2.75, 3.05) is 11.9 Å². The Balaban J connectivity index is 2.02. The van der Waals surface area contributed by atoms with Crippen LogP contribution in [0.5, 0.6) is 0 Å². The Morgan fingerprint density at radius 1 is 1.06 bits per heavy atom. The third-order valence-corrected chi connectivity index (χ3v) is 4.68. The number of anilines is 1. The van der Waals surface area contributed by atoms with Crippen molar-refractivity contribution in [1.82, 2.24) is 10.6 Å². The van der Waals surface area contributed by atoms with E-state index in [1.165, 1.54) is 0 Å². The Bertz CT molecular complexity index is 1000. The summed E-state index contributed by atoms with van der Waals surface area (Å²) in [5, 5.41) is 17.7. The summed E-state index contributed by atoms with van der Waals surface area (Å²) in [7, 11) is 0. The molecule has 2 aromatic carbocycles. The molecule has 2 aromatic rings. The van der Waals surface area contributed by atoms with E-state index in [9.17, 15) is 19.5 Å². The molecule has 0 spiro atoms. The average molecular weight is 484 g/mol. The van der Waals surface area contributed by atoms with Gasteiger partial charge in [-0.15, -0.1) is 6.58 Å². The van der Waals surface area contributed by atoms with Crippen molar-refractivity contribution < 1.29 is 29.0 Å². The zero-order chi connectivity index (χ0) is 25.8. The summed E-state index contributed by atoms with van der Waals surface area (Å²) in [5.74, 6) is -1.14. The molecule has 0 bridgehead atoms. The molecule has 2 atom stereocenters. The van der Waals surface area contributed by atoms with Crippen LogP contribution in [0.15, 0.2) is 67.3 Å². The summed E-state index contributed by atoms with van der Waals surface area (Å²) in [5.41, 5.74) is 1.42. The SMILES string of the molecule is C=CCC(NC(=O)OCc1ccccc1)c1cccc(NC(CNC(=O)OC(C)(C)C)C(=O)O)c1. The number of rotatable bonds is 11. The van der Waals surface area contributed by atoms with Gasteiger partial charge in [-0.3, -0.25) is 0 Å². The highest BCUT2D eigenvalue weighted by Crippen LogP contribution is 2.22. The summed E-state index contributed by atoms with van der Waals surface area (Å²) in [6.07, 6.45) is 0.826. The van der Waals surface area contributed by atoms with Crippen LogP contribution in [0.2, 0.25) is 0 Å². The van der Waals surface area contributed by atoms with Crippen LogP contribution < -0.4 is 16.0 Å². The van der Waals surface area contributed by atoms with Gasteiger partial charge in [0.2, 0.25) is 0 Å². The highest BCUT2D eigenvalue weighted by atomic mass is 16.6. The first-order valence-electron chi connectivity index (χ1n) is 11.2. The number of carboxylic acid groups (broad SMARTS) is 1. The lowest BCUT2D eigenvalue weighted by atomic mass is 10.0. The van der Waals surface area contributed by atoms with Crippen LogP contribution in [-0.2, 0) is 20.9 Å². The van der Waals surface area contributed by atoms with Crippen LogP contribution in [-0.4, -0.2) is 41.4 Å². The molecule has 0 aromatic heterocycles. The molecule has 0 aliphatic rings. The molecule has 2 unspecified atom stereocenters. The van der Waals surface area contributed by atoms with Crippen LogP contribution >= 0.6 is 0 Å². The minimum Gasteiger partial charge on any atom is -0.480 e. The Kier molecular flexibility index (Phi) is 10.1. The second-order valence-corrected chi connectivity index (χ2v) is 8.83.